The first-order valence-electron chi connectivity index (χ1n) is 5.86. The summed E-state index contributed by atoms with van der Waals surface area (Å²) < 4.78 is 10.7. The lowest BCUT2D eigenvalue weighted by molar-refractivity contribution is 0.355. The Labute approximate surface area is 103 Å². The molecule has 17 heavy (non-hydrogen) atoms. The van der Waals surface area contributed by atoms with Crippen LogP contribution >= 0.6 is 0 Å². The van der Waals surface area contributed by atoms with Gasteiger partial charge in [-0.1, -0.05) is 6.92 Å². The van der Waals surface area contributed by atoms with Crippen molar-refractivity contribution in [2.45, 2.75) is 6.92 Å². The molecule has 0 saturated heterocycles. The third kappa shape index (κ3) is 2.25. The molecule has 1 unspecified atom stereocenters. The molecule has 0 bridgehead atoms. The number of anilines is 2. The average Bonchev–Trinajstić information content (AvgIpc) is 2.47. The Morgan fingerprint density at radius 2 is 1.88 bits per heavy atom. The lowest BCUT2D eigenvalue weighted by atomic mass is 10.2. The highest BCUT2D eigenvalue weighted by Crippen LogP contribution is 2.39. The molecule has 0 fully saturated rings. The predicted molar refractivity (Wildman–Crippen MR) is 70.5 cm³/mol. The summed E-state index contributed by atoms with van der Waals surface area (Å²) in [5.74, 6) is 2.15. The summed E-state index contributed by atoms with van der Waals surface area (Å²) in [6.07, 6.45) is 0. The Balaban J connectivity index is 2.45. The molecule has 0 aromatic heterocycles. The van der Waals surface area contributed by atoms with Gasteiger partial charge in [0.15, 0.2) is 11.5 Å². The summed E-state index contributed by atoms with van der Waals surface area (Å²) in [6.45, 7) is 4.26. The first-order chi connectivity index (χ1) is 8.15. The van der Waals surface area contributed by atoms with E-state index in [1.807, 2.05) is 12.1 Å². The van der Waals surface area contributed by atoms with Gasteiger partial charge in [0.05, 0.1) is 25.6 Å². The van der Waals surface area contributed by atoms with Crippen LogP contribution < -0.4 is 19.7 Å². The van der Waals surface area contributed by atoms with E-state index in [9.17, 15) is 0 Å². The maximum Gasteiger partial charge on any atom is 0.162 e. The quantitative estimate of drug-likeness (QED) is 0.853. The number of benzene rings is 1. The molecule has 1 heterocycles. The third-order valence-corrected chi connectivity index (χ3v) is 3.14. The number of rotatable bonds is 2. The summed E-state index contributed by atoms with van der Waals surface area (Å²) >= 11 is 0. The topological polar surface area (TPSA) is 33.7 Å². The van der Waals surface area contributed by atoms with E-state index in [0.29, 0.717) is 5.92 Å². The van der Waals surface area contributed by atoms with Crippen LogP contribution in [0.3, 0.4) is 0 Å². The van der Waals surface area contributed by atoms with Gasteiger partial charge in [0.2, 0.25) is 0 Å². The Morgan fingerprint density at radius 3 is 2.53 bits per heavy atom. The number of hydrogen-bond acceptors (Lipinski definition) is 4. The van der Waals surface area contributed by atoms with Crippen molar-refractivity contribution in [3.05, 3.63) is 12.1 Å². The summed E-state index contributed by atoms with van der Waals surface area (Å²) in [5.41, 5.74) is 2.27. The normalized spacial score (nSPS) is 19.1. The molecule has 1 aromatic rings. The number of ether oxygens (including phenoxy) is 2. The molecule has 0 spiro atoms. The van der Waals surface area contributed by atoms with Crippen molar-refractivity contribution in [1.29, 1.82) is 0 Å². The molecule has 1 aliphatic rings. The second kappa shape index (κ2) is 4.73. The van der Waals surface area contributed by atoms with Gasteiger partial charge in [-0.3, -0.25) is 0 Å². The molecule has 0 aliphatic carbocycles. The number of hydrogen-bond donors (Lipinski definition) is 1. The van der Waals surface area contributed by atoms with Crippen LogP contribution in [0.2, 0.25) is 0 Å². The molecule has 0 amide bonds. The zero-order chi connectivity index (χ0) is 12.4. The van der Waals surface area contributed by atoms with Crippen LogP contribution in [0.1, 0.15) is 6.92 Å². The fourth-order valence-electron chi connectivity index (χ4n) is 2.24. The minimum absolute atomic E-state index is 0.615. The Bertz CT molecular complexity index is 407. The van der Waals surface area contributed by atoms with E-state index in [1.54, 1.807) is 14.2 Å². The zero-order valence-corrected chi connectivity index (χ0v) is 10.9. The molecular weight excluding hydrogens is 216 g/mol. The third-order valence-electron chi connectivity index (χ3n) is 3.14. The van der Waals surface area contributed by atoms with Gasteiger partial charge in [-0.15, -0.1) is 0 Å². The van der Waals surface area contributed by atoms with Crippen LogP contribution in [0, 0.1) is 5.92 Å². The molecule has 94 valence electrons. The van der Waals surface area contributed by atoms with Gasteiger partial charge in [0.25, 0.3) is 0 Å². The Morgan fingerprint density at radius 1 is 1.24 bits per heavy atom. The first-order valence-corrected chi connectivity index (χ1v) is 5.86. The van der Waals surface area contributed by atoms with Gasteiger partial charge >= 0.3 is 0 Å². The van der Waals surface area contributed by atoms with Crippen LogP contribution in [0.4, 0.5) is 11.4 Å². The van der Waals surface area contributed by atoms with Crippen LogP contribution in [0.5, 0.6) is 11.5 Å². The fourth-order valence-corrected chi connectivity index (χ4v) is 2.24. The lowest BCUT2D eigenvalue weighted by Gasteiger charge is -2.21. The van der Waals surface area contributed by atoms with Gasteiger partial charge in [0, 0.05) is 32.3 Å². The van der Waals surface area contributed by atoms with Gasteiger partial charge in [-0.2, -0.15) is 0 Å². The van der Waals surface area contributed by atoms with E-state index in [-0.39, 0.29) is 0 Å². The molecule has 0 saturated carbocycles. The van der Waals surface area contributed by atoms with E-state index in [0.717, 1.165) is 36.0 Å². The maximum atomic E-state index is 5.34. The van der Waals surface area contributed by atoms with E-state index in [1.165, 1.54) is 0 Å². The van der Waals surface area contributed by atoms with Crippen LogP contribution in [0.15, 0.2) is 12.1 Å². The molecule has 1 atom stereocenters. The summed E-state index contributed by atoms with van der Waals surface area (Å²) in [4.78, 5) is 2.25. The van der Waals surface area contributed by atoms with E-state index in [2.05, 4.69) is 24.2 Å². The lowest BCUT2D eigenvalue weighted by Crippen LogP contribution is -2.24. The molecular formula is C13H20N2O2. The second-order valence-electron chi connectivity index (χ2n) is 4.59. The van der Waals surface area contributed by atoms with E-state index >= 15 is 0 Å². The molecule has 4 heteroatoms. The molecule has 1 aliphatic heterocycles. The van der Waals surface area contributed by atoms with Crippen molar-refractivity contribution in [2.75, 3.05) is 44.6 Å². The standard InChI is InChI=1S/C13H20N2O2/c1-9-7-14-10-5-12(16-3)13(17-4)6-11(10)15(2)8-9/h5-6,9,14H,7-8H2,1-4H3. The largest absolute Gasteiger partial charge is 0.493 e. The minimum atomic E-state index is 0.615. The summed E-state index contributed by atoms with van der Waals surface area (Å²) in [6, 6.07) is 4.03. The van der Waals surface area contributed by atoms with Gasteiger partial charge < -0.3 is 19.7 Å². The smallest absolute Gasteiger partial charge is 0.162 e. The fraction of sp³-hybridized carbons (Fsp3) is 0.538. The molecule has 1 aromatic carbocycles. The number of fused-ring (bicyclic) bond motifs is 1. The van der Waals surface area contributed by atoms with Crippen molar-refractivity contribution in [2.24, 2.45) is 5.92 Å². The van der Waals surface area contributed by atoms with E-state index < -0.39 is 0 Å². The first kappa shape index (κ1) is 11.9. The predicted octanol–water partition coefficient (Wildman–Crippen LogP) is 2.20. The van der Waals surface area contributed by atoms with Gasteiger partial charge in [0.1, 0.15) is 0 Å². The molecule has 4 nitrogen and oxygen atoms in total. The highest BCUT2D eigenvalue weighted by molar-refractivity contribution is 5.75. The number of methoxy groups -OCH3 is 2. The second-order valence-corrected chi connectivity index (χ2v) is 4.59. The van der Waals surface area contributed by atoms with Crippen LogP contribution in [-0.2, 0) is 0 Å². The SMILES string of the molecule is COc1cc2c(cc1OC)N(C)CC(C)CN2. The highest BCUT2D eigenvalue weighted by atomic mass is 16.5. The van der Waals surface area contributed by atoms with Crippen molar-refractivity contribution in [1.82, 2.24) is 0 Å². The van der Waals surface area contributed by atoms with Crippen LogP contribution in [-0.4, -0.2) is 34.4 Å². The van der Waals surface area contributed by atoms with Crippen molar-refractivity contribution in [3.63, 3.8) is 0 Å². The van der Waals surface area contributed by atoms with Crippen LogP contribution in [0.25, 0.3) is 0 Å². The average molecular weight is 236 g/mol. The Hall–Kier alpha value is -1.58. The van der Waals surface area contributed by atoms with Gasteiger partial charge in [-0.05, 0) is 5.92 Å². The summed E-state index contributed by atoms with van der Waals surface area (Å²) in [5, 5.41) is 3.45. The van der Waals surface area contributed by atoms with Crippen molar-refractivity contribution >= 4 is 11.4 Å². The molecule has 2 rings (SSSR count). The maximum absolute atomic E-state index is 5.34. The monoisotopic (exact) mass is 236 g/mol. The minimum Gasteiger partial charge on any atom is -0.493 e. The number of nitrogens with one attached hydrogen (secondary N) is 1. The molecule has 1 N–H and O–H groups in total. The van der Waals surface area contributed by atoms with Gasteiger partial charge in [-0.25, -0.2) is 0 Å². The Kier molecular flexibility index (Phi) is 3.31. The van der Waals surface area contributed by atoms with Crippen molar-refractivity contribution in [3.8, 4) is 11.5 Å². The molecule has 0 radical (unpaired) electrons. The van der Waals surface area contributed by atoms with Crippen molar-refractivity contribution < 1.29 is 9.47 Å². The zero-order valence-electron chi connectivity index (χ0n) is 10.9. The summed E-state index contributed by atoms with van der Waals surface area (Å²) in [7, 11) is 5.43. The highest BCUT2D eigenvalue weighted by Gasteiger charge is 2.19. The van der Waals surface area contributed by atoms with E-state index in [4.69, 9.17) is 9.47 Å². The number of nitrogens with zero attached hydrogens (tertiary/aromatic N) is 1.